The molecule has 0 heterocycles. The van der Waals surface area contributed by atoms with Crippen LogP contribution in [-0.2, 0) is 13.1 Å². The fourth-order valence-electron chi connectivity index (χ4n) is 2.55. The van der Waals surface area contributed by atoms with Crippen molar-refractivity contribution in [2.24, 2.45) is 5.73 Å². The highest BCUT2D eigenvalue weighted by molar-refractivity contribution is 7.80. The first-order valence-electron chi connectivity index (χ1n) is 7.32. The maximum atomic E-state index is 5.95. The van der Waals surface area contributed by atoms with E-state index in [1.54, 1.807) is 0 Å². The third-order valence-electron chi connectivity index (χ3n) is 3.61. The van der Waals surface area contributed by atoms with E-state index in [9.17, 15) is 0 Å². The van der Waals surface area contributed by atoms with E-state index in [-0.39, 0.29) is 6.04 Å². The molecule has 0 spiro atoms. The van der Waals surface area contributed by atoms with Crippen LogP contribution >= 0.6 is 12.2 Å². The number of benzene rings is 2. The lowest BCUT2D eigenvalue weighted by molar-refractivity contribution is 0.220. The van der Waals surface area contributed by atoms with Gasteiger partial charge in [0.1, 0.15) is 0 Å². The predicted molar refractivity (Wildman–Crippen MR) is 93.0 cm³/mol. The summed E-state index contributed by atoms with van der Waals surface area (Å²) >= 11 is 5.26. The molecule has 0 radical (unpaired) electrons. The first-order valence-corrected chi connectivity index (χ1v) is 7.72. The molecule has 0 aromatic heterocycles. The van der Waals surface area contributed by atoms with Gasteiger partial charge in [-0.05, 0) is 17.5 Å². The molecule has 0 saturated heterocycles. The quantitative estimate of drug-likeness (QED) is 0.789. The van der Waals surface area contributed by atoms with E-state index in [1.165, 1.54) is 11.1 Å². The molecular formula is C18H22N2S. The Bertz CT molecular complexity index is 512. The minimum absolute atomic E-state index is 0.125. The normalized spacial score (nSPS) is 12.3. The monoisotopic (exact) mass is 298 g/mol. The van der Waals surface area contributed by atoms with Crippen LogP contribution < -0.4 is 5.73 Å². The first kappa shape index (κ1) is 15.7. The van der Waals surface area contributed by atoms with Gasteiger partial charge < -0.3 is 5.73 Å². The Hall–Kier alpha value is -1.71. The molecule has 0 aliphatic carbocycles. The van der Waals surface area contributed by atoms with Crippen molar-refractivity contribution in [3.05, 3.63) is 71.8 Å². The lowest BCUT2D eigenvalue weighted by Crippen LogP contribution is -2.42. The summed E-state index contributed by atoms with van der Waals surface area (Å²) in [6, 6.07) is 21.0. The molecular weight excluding hydrogens is 276 g/mol. The maximum Gasteiger partial charge on any atom is 0.0902 e. The summed E-state index contributed by atoms with van der Waals surface area (Å²) in [5.74, 6) is 0. The van der Waals surface area contributed by atoms with Crippen molar-refractivity contribution in [1.82, 2.24) is 4.90 Å². The number of hydrogen-bond acceptors (Lipinski definition) is 2. The summed E-state index contributed by atoms with van der Waals surface area (Å²) in [6.45, 7) is 3.84. The van der Waals surface area contributed by atoms with Crippen molar-refractivity contribution in [2.45, 2.75) is 32.5 Å². The molecule has 2 N–H and O–H groups in total. The summed E-state index contributed by atoms with van der Waals surface area (Å²) in [5.41, 5.74) is 8.51. The third kappa shape index (κ3) is 4.66. The van der Waals surface area contributed by atoms with E-state index in [2.05, 4.69) is 60.4 Å². The van der Waals surface area contributed by atoms with Crippen molar-refractivity contribution >= 4 is 17.2 Å². The first-order chi connectivity index (χ1) is 10.2. The third-order valence-corrected chi connectivity index (χ3v) is 3.88. The van der Waals surface area contributed by atoms with Crippen LogP contribution in [0.2, 0.25) is 0 Å². The second kappa shape index (κ2) is 7.91. The summed E-state index contributed by atoms with van der Waals surface area (Å²) in [6.07, 6.45) is 0.926. The van der Waals surface area contributed by atoms with Crippen molar-refractivity contribution in [3.63, 3.8) is 0 Å². The zero-order valence-electron chi connectivity index (χ0n) is 12.4. The fourth-order valence-corrected chi connectivity index (χ4v) is 2.87. The average Bonchev–Trinajstić information content (AvgIpc) is 2.49. The van der Waals surface area contributed by atoms with Crippen LogP contribution in [0.4, 0.5) is 0 Å². The molecule has 1 atom stereocenters. The van der Waals surface area contributed by atoms with Crippen LogP contribution in [0.5, 0.6) is 0 Å². The largest absolute Gasteiger partial charge is 0.392 e. The van der Waals surface area contributed by atoms with Crippen LogP contribution in [0.25, 0.3) is 0 Å². The van der Waals surface area contributed by atoms with E-state index in [0.29, 0.717) is 4.99 Å². The standard InChI is InChI=1S/C18H22N2S/c1-2-17(18(19)21)20(13-15-9-5-3-6-10-15)14-16-11-7-4-8-12-16/h3-12,17H,2,13-14H2,1H3,(H2,19,21). The molecule has 110 valence electrons. The van der Waals surface area contributed by atoms with Gasteiger partial charge in [-0.3, -0.25) is 4.90 Å². The van der Waals surface area contributed by atoms with Gasteiger partial charge in [0, 0.05) is 13.1 Å². The number of rotatable bonds is 7. The fraction of sp³-hybridized carbons (Fsp3) is 0.278. The topological polar surface area (TPSA) is 29.3 Å². The molecule has 3 heteroatoms. The van der Waals surface area contributed by atoms with Crippen LogP contribution in [0.1, 0.15) is 24.5 Å². The minimum Gasteiger partial charge on any atom is -0.392 e. The summed E-state index contributed by atoms with van der Waals surface area (Å²) in [4.78, 5) is 2.93. The number of nitrogens with two attached hydrogens (primary N) is 1. The molecule has 2 rings (SSSR count). The van der Waals surface area contributed by atoms with Gasteiger partial charge in [0.05, 0.1) is 11.0 Å². The predicted octanol–water partition coefficient (Wildman–Crippen LogP) is 3.75. The van der Waals surface area contributed by atoms with Gasteiger partial charge in [-0.15, -0.1) is 0 Å². The van der Waals surface area contributed by atoms with E-state index < -0.39 is 0 Å². The molecule has 21 heavy (non-hydrogen) atoms. The van der Waals surface area contributed by atoms with Crippen molar-refractivity contribution in [3.8, 4) is 0 Å². The molecule has 0 amide bonds. The Morgan fingerprint density at radius 3 is 1.71 bits per heavy atom. The van der Waals surface area contributed by atoms with Gasteiger partial charge in [-0.2, -0.15) is 0 Å². The zero-order chi connectivity index (χ0) is 15.1. The molecule has 2 nitrogen and oxygen atoms in total. The van der Waals surface area contributed by atoms with Gasteiger partial charge in [0.25, 0.3) is 0 Å². The van der Waals surface area contributed by atoms with Gasteiger partial charge in [0.2, 0.25) is 0 Å². The SMILES string of the molecule is CCC(C(N)=S)N(Cc1ccccc1)Cc1ccccc1. The Morgan fingerprint density at radius 2 is 1.38 bits per heavy atom. The van der Waals surface area contributed by atoms with E-state index in [4.69, 9.17) is 18.0 Å². The van der Waals surface area contributed by atoms with Crippen molar-refractivity contribution < 1.29 is 0 Å². The highest BCUT2D eigenvalue weighted by atomic mass is 32.1. The Morgan fingerprint density at radius 1 is 0.952 bits per heavy atom. The minimum atomic E-state index is 0.125. The van der Waals surface area contributed by atoms with Gasteiger partial charge in [-0.1, -0.05) is 79.8 Å². The van der Waals surface area contributed by atoms with E-state index in [0.717, 1.165) is 19.5 Å². The van der Waals surface area contributed by atoms with Gasteiger partial charge in [0.15, 0.2) is 0 Å². The molecule has 0 saturated carbocycles. The van der Waals surface area contributed by atoms with Crippen LogP contribution in [0.3, 0.4) is 0 Å². The van der Waals surface area contributed by atoms with Crippen molar-refractivity contribution in [2.75, 3.05) is 0 Å². The molecule has 0 aliphatic rings. The Kier molecular flexibility index (Phi) is 5.90. The molecule has 2 aromatic carbocycles. The van der Waals surface area contributed by atoms with Crippen LogP contribution in [0.15, 0.2) is 60.7 Å². The molecule has 1 unspecified atom stereocenters. The van der Waals surface area contributed by atoms with Crippen molar-refractivity contribution in [1.29, 1.82) is 0 Å². The van der Waals surface area contributed by atoms with E-state index in [1.807, 2.05) is 12.1 Å². The molecule has 0 aliphatic heterocycles. The smallest absolute Gasteiger partial charge is 0.0902 e. The highest BCUT2D eigenvalue weighted by Gasteiger charge is 2.19. The number of thiocarbonyl (C=S) groups is 1. The van der Waals surface area contributed by atoms with E-state index >= 15 is 0 Å². The lowest BCUT2D eigenvalue weighted by Gasteiger charge is -2.30. The van der Waals surface area contributed by atoms with Crippen LogP contribution in [-0.4, -0.2) is 15.9 Å². The van der Waals surface area contributed by atoms with Crippen LogP contribution in [0, 0.1) is 0 Å². The molecule has 0 bridgehead atoms. The maximum absolute atomic E-state index is 5.95. The Balaban J connectivity index is 2.19. The average molecular weight is 298 g/mol. The lowest BCUT2D eigenvalue weighted by atomic mass is 10.1. The molecule has 0 fully saturated rings. The second-order valence-electron chi connectivity index (χ2n) is 5.20. The Labute approximate surface area is 132 Å². The second-order valence-corrected chi connectivity index (χ2v) is 5.67. The van der Waals surface area contributed by atoms with Gasteiger partial charge in [-0.25, -0.2) is 0 Å². The summed E-state index contributed by atoms with van der Waals surface area (Å²) < 4.78 is 0. The highest BCUT2D eigenvalue weighted by Crippen LogP contribution is 2.15. The van der Waals surface area contributed by atoms with Gasteiger partial charge >= 0.3 is 0 Å². The summed E-state index contributed by atoms with van der Waals surface area (Å²) in [5, 5.41) is 0. The summed E-state index contributed by atoms with van der Waals surface area (Å²) in [7, 11) is 0. The zero-order valence-corrected chi connectivity index (χ0v) is 13.2. The number of hydrogen-bond donors (Lipinski definition) is 1. The molecule has 2 aromatic rings. The number of nitrogens with zero attached hydrogens (tertiary/aromatic N) is 1.